The van der Waals surface area contributed by atoms with Crippen molar-refractivity contribution >= 4 is 6.03 Å². The molecule has 0 saturated carbocycles. The monoisotopic (exact) mass is 361 g/mol. The molecule has 0 unspecified atom stereocenters. The summed E-state index contributed by atoms with van der Waals surface area (Å²) >= 11 is 0. The summed E-state index contributed by atoms with van der Waals surface area (Å²) in [6, 6.07) is 4.82. The lowest BCUT2D eigenvalue weighted by molar-refractivity contribution is -0.0000265. The van der Waals surface area contributed by atoms with Crippen molar-refractivity contribution in [2.24, 2.45) is 5.92 Å². The number of halogens is 2. The summed E-state index contributed by atoms with van der Waals surface area (Å²) < 4.78 is 28.4. The third-order valence-electron chi connectivity index (χ3n) is 7.00. The van der Waals surface area contributed by atoms with Crippen molar-refractivity contribution in [2.45, 2.75) is 43.7 Å². The minimum absolute atomic E-state index is 0.102. The topological polar surface area (TPSA) is 26.8 Å². The van der Waals surface area contributed by atoms with E-state index in [-0.39, 0.29) is 24.0 Å². The summed E-state index contributed by atoms with van der Waals surface area (Å²) in [7, 11) is 0. The average Bonchev–Trinajstić information content (AvgIpc) is 3.33. The average molecular weight is 361 g/mol. The largest absolute Gasteiger partial charge is 0.325 e. The Hall–Kier alpha value is -1.69. The van der Waals surface area contributed by atoms with E-state index in [1.165, 1.54) is 6.07 Å². The number of rotatable bonds is 1. The van der Waals surface area contributed by atoms with Crippen molar-refractivity contribution in [2.75, 3.05) is 32.7 Å². The van der Waals surface area contributed by atoms with E-state index in [1.54, 1.807) is 12.1 Å². The number of hydrogen-bond donors (Lipinski definition) is 0. The van der Waals surface area contributed by atoms with Crippen molar-refractivity contribution in [1.82, 2.24) is 14.7 Å². The van der Waals surface area contributed by atoms with Crippen LogP contribution in [0.3, 0.4) is 0 Å². The Morgan fingerprint density at radius 3 is 2.46 bits per heavy atom. The van der Waals surface area contributed by atoms with Gasteiger partial charge in [0, 0.05) is 31.6 Å². The van der Waals surface area contributed by atoms with Crippen LogP contribution in [0, 0.1) is 17.6 Å². The summed E-state index contributed by atoms with van der Waals surface area (Å²) in [5.74, 6) is -1.20. The summed E-state index contributed by atoms with van der Waals surface area (Å²) in [5, 5.41) is 0. The Morgan fingerprint density at radius 2 is 1.73 bits per heavy atom. The molecule has 5 aliphatic rings. The zero-order chi connectivity index (χ0) is 17.8. The van der Waals surface area contributed by atoms with E-state index < -0.39 is 11.6 Å². The van der Waals surface area contributed by atoms with Gasteiger partial charge in [0.2, 0.25) is 0 Å². The van der Waals surface area contributed by atoms with Gasteiger partial charge in [0.1, 0.15) is 0 Å². The number of piperidine rings is 3. The molecule has 6 rings (SSSR count). The first-order valence-electron chi connectivity index (χ1n) is 9.88. The highest BCUT2D eigenvalue weighted by atomic mass is 19.2. The first-order chi connectivity index (χ1) is 12.6. The summed E-state index contributed by atoms with van der Waals surface area (Å²) in [4.78, 5) is 19.5. The molecule has 3 atom stereocenters. The number of urea groups is 1. The number of carbonyl (C=O) groups is 1. The fourth-order valence-electron chi connectivity index (χ4n) is 5.81. The fourth-order valence-corrected chi connectivity index (χ4v) is 5.81. The lowest BCUT2D eigenvalue weighted by Crippen LogP contribution is -2.61. The van der Waals surface area contributed by atoms with Gasteiger partial charge in [-0.25, -0.2) is 13.6 Å². The molecule has 5 fully saturated rings. The van der Waals surface area contributed by atoms with Gasteiger partial charge in [-0.1, -0.05) is 12.1 Å². The molecule has 0 aliphatic carbocycles. The molecule has 2 bridgehead atoms. The van der Waals surface area contributed by atoms with Crippen molar-refractivity contribution in [3.05, 3.63) is 35.4 Å². The minimum atomic E-state index is -0.792. The first-order valence-corrected chi connectivity index (χ1v) is 9.88. The minimum Gasteiger partial charge on any atom is -0.325 e. The van der Waals surface area contributed by atoms with E-state index in [0.29, 0.717) is 18.0 Å². The number of carbonyl (C=O) groups excluding carboxylic acids is 1. The zero-order valence-corrected chi connectivity index (χ0v) is 14.9. The third-order valence-corrected chi connectivity index (χ3v) is 7.00. The van der Waals surface area contributed by atoms with Gasteiger partial charge in [-0.05, 0) is 56.3 Å². The molecule has 0 spiro atoms. The lowest BCUT2D eigenvalue weighted by Gasteiger charge is -2.51. The van der Waals surface area contributed by atoms with Crippen LogP contribution < -0.4 is 0 Å². The van der Waals surface area contributed by atoms with E-state index in [1.807, 2.05) is 9.80 Å². The van der Waals surface area contributed by atoms with Gasteiger partial charge in [-0.15, -0.1) is 0 Å². The smallest absolute Gasteiger partial charge is 0.320 e. The molecular weight excluding hydrogens is 336 g/mol. The van der Waals surface area contributed by atoms with Gasteiger partial charge in [-0.3, -0.25) is 4.90 Å². The molecule has 140 valence electrons. The van der Waals surface area contributed by atoms with Crippen molar-refractivity contribution < 1.29 is 13.6 Å². The molecule has 5 aliphatic heterocycles. The van der Waals surface area contributed by atoms with E-state index in [2.05, 4.69) is 4.90 Å². The van der Waals surface area contributed by atoms with Gasteiger partial charge in [0.15, 0.2) is 11.6 Å². The molecule has 2 amide bonds. The summed E-state index contributed by atoms with van der Waals surface area (Å²) in [5.41, 5.74) is 0.435. The second-order valence-electron chi connectivity index (χ2n) is 8.23. The van der Waals surface area contributed by atoms with Crippen LogP contribution >= 0.6 is 0 Å². The number of hydrogen-bond acceptors (Lipinski definition) is 2. The highest BCUT2D eigenvalue weighted by Gasteiger charge is 2.55. The number of amides is 2. The second kappa shape index (κ2) is 6.19. The molecule has 0 aromatic heterocycles. The number of likely N-dealkylation sites (tertiary alicyclic amines) is 2. The van der Waals surface area contributed by atoms with Crippen LogP contribution in [0.25, 0.3) is 0 Å². The molecule has 0 radical (unpaired) electrons. The Balaban J connectivity index is 1.52. The molecular formula is C20H25F2N3O. The van der Waals surface area contributed by atoms with E-state index in [4.69, 9.17) is 0 Å². The fraction of sp³-hybridized carbons (Fsp3) is 0.650. The van der Waals surface area contributed by atoms with Crippen LogP contribution in [-0.2, 0) is 0 Å². The zero-order valence-electron chi connectivity index (χ0n) is 14.9. The van der Waals surface area contributed by atoms with Gasteiger partial charge in [0.25, 0.3) is 0 Å². The maximum Gasteiger partial charge on any atom is 0.320 e. The van der Waals surface area contributed by atoms with E-state index in [0.717, 1.165) is 51.9 Å². The normalized spacial score (nSPS) is 35.8. The van der Waals surface area contributed by atoms with Crippen LogP contribution in [0.4, 0.5) is 13.6 Å². The Morgan fingerprint density at radius 1 is 1.00 bits per heavy atom. The molecule has 26 heavy (non-hydrogen) atoms. The van der Waals surface area contributed by atoms with Gasteiger partial charge < -0.3 is 9.80 Å². The molecule has 1 aromatic carbocycles. The van der Waals surface area contributed by atoms with Gasteiger partial charge >= 0.3 is 6.03 Å². The summed E-state index contributed by atoms with van der Waals surface area (Å²) in [6.07, 6.45) is 4.32. The quantitative estimate of drug-likeness (QED) is 0.769. The maximum atomic E-state index is 14.6. The molecule has 5 saturated heterocycles. The van der Waals surface area contributed by atoms with Crippen LogP contribution in [0.15, 0.2) is 18.2 Å². The van der Waals surface area contributed by atoms with Crippen molar-refractivity contribution in [3.8, 4) is 0 Å². The SMILES string of the molecule is O=C(N1CCCC1)N1C[C@H](c2cccc(F)c2F)[C@H]2[C@@H]1C1CCN2CC1. The second-order valence-corrected chi connectivity index (χ2v) is 8.23. The lowest BCUT2D eigenvalue weighted by atomic mass is 9.75. The predicted molar refractivity (Wildman–Crippen MR) is 93.9 cm³/mol. The van der Waals surface area contributed by atoms with E-state index >= 15 is 0 Å². The van der Waals surface area contributed by atoms with Crippen LogP contribution in [0.2, 0.25) is 0 Å². The van der Waals surface area contributed by atoms with Crippen LogP contribution in [0.5, 0.6) is 0 Å². The number of nitrogens with zero attached hydrogens (tertiary/aromatic N) is 3. The Bertz CT molecular complexity index is 713. The third kappa shape index (κ3) is 2.38. The molecule has 5 heterocycles. The Kier molecular flexibility index (Phi) is 3.92. The number of benzene rings is 1. The van der Waals surface area contributed by atoms with E-state index in [9.17, 15) is 13.6 Å². The first kappa shape index (κ1) is 16.5. The van der Waals surface area contributed by atoms with Crippen LogP contribution in [-0.4, -0.2) is 65.5 Å². The standard InChI is InChI=1S/C20H25F2N3O/c21-16-5-3-4-14(17(16)22)15-12-25(20(26)24-8-1-2-9-24)18-13-6-10-23(11-7-13)19(15)18/h3-5,13,15,18-19H,1-2,6-12H2/t15-,18+,19+/m1/s1. The molecule has 4 nitrogen and oxygen atoms in total. The predicted octanol–water partition coefficient (Wildman–Crippen LogP) is 3.04. The molecule has 1 aromatic rings. The van der Waals surface area contributed by atoms with Gasteiger partial charge in [-0.2, -0.15) is 0 Å². The highest BCUT2D eigenvalue weighted by Crippen LogP contribution is 2.47. The van der Waals surface area contributed by atoms with Crippen LogP contribution in [0.1, 0.15) is 37.2 Å². The molecule has 0 N–H and O–H groups in total. The maximum absolute atomic E-state index is 14.6. The van der Waals surface area contributed by atoms with Gasteiger partial charge in [0.05, 0.1) is 6.04 Å². The van der Waals surface area contributed by atoms with Crippen molar-refractivity contribution in [1.29, 1.82) is 0 Å². The summed E-state index contributed by atoms with van der Waals surface area (Å²) in [6.45, 7) is 4.15. The molecule has 6 heteroatoms. The van der Waals surface area contributed by atoms with Crippen molar-refractivity contribution in [3.63, 3.8) is 0 Å². The number of fused-ring (bicyclic) bond motifs is 2. The highest BCUT2D eigenvalue weighted by molar-refractivity contribution is 5.76. The Labute approximate surface area is 152 Å².